The van der Waals surface area contributed by atoms with Crippen LogP contribution in [0, 0.1) is 0 Å². The van der Waals surface area contributed by atoms with Crippen LogP contribution in [0.15, 0.2) is 60.7 Å². The fraction of sp³-hybridized carbons (Fsp3) is 0.469. The summed E-state index contributed by atoms with van der Waals surface area (Å²) in [4.78, 5) is 17.1. The topological polar surface area (TPSA) is 59.6 Å². The van der Waals surface area contributed by atoms with Gasteiger partial charge in [0, 0.05) is 68.0 Å². The van der Waals surface area contributed by atoms with E-state index < -0.39 is 0 Å². The number of anilines is 4. The van der Waals surface area contributed by atoms with Crippen LogP contribution in [0.4, 0.5) is 23.3 Å². The second-order valence-electron chi connectivity index (χ2n) is 11.6. The molecule has 6 rings (SSSR count). The van der Waals surface area contributed by atoms with E-state index in [1.807, 2.05) is 12.1 Å². The van der Waals surface area contributed by atoms with Crippen molar-refractivity contribution in [3.63, 3.8) is 0 Å². The van der Waals surface area contributed by atoms with Crippen molar-refractivity contribution in [2.24, 2.45) is 0 Å². The second kappa shape index (κ2) is 12.8. The van der Waals surface area contributed by atoms with Crippen LogP contribution in [0.1, 0.15) is 50.5 Å². The lowest BCUT2D eigenvalue weighted by atomic mass is 9.69. The summed E-state index contributed by atoms with van der Waals surface area (Å²) in [6, 6.07) is 21.2. The molecule has 1 aromatic heterocycles. The van der Waals surface area contributed by atoms with Crippen molar-refractivity contribution >= 4 is 52.2 Å². The minimum atomic E-state index is 0.0520. The van der Waals surface area contributed by atoms with Crippen LogP contribution < -0.4 is 25.3 Å². The van der Waals surface area contributed by atoms with E-state index >= 15 is 0 Å². The first-order chi connectivity index (χ1) is 20.1. The third-order valence-electron chi connectivity index (χ3n) is 8.93. The van der Waals surface area contributed by atoms with Gasteiger partial charge >= 0.3 is 0 Å². The number of halogens is 1. The van der Waals surface area contributed by atoms with E-state index in [1.54, 1.807) is 0 Å². The number of para-hydroxylation sites is 1. The minimum absolute atomic E-state index is 0.0520. The highest BCUT2D eigenvalue weighted by atomic mass is 35.5. The summed E-state index contributed by atoms with van der Waals surface area (Å²) in [7, 11) is 0. The van der Waals surface area contributed by atoms with Gasteiger partial charge in [-0.2, -0.15) is 9.97 Å². The Balaban J connectivity index is 1.15. The molecule has 216 valence electrons. The van der Waals surface area contributed by atoms with Gasteiger partial charge in [-0.15, -0.1) is 0 Å². The van der Waals surface area contributed by atoms with Gasteiger partial charge in [0.15, 0.2) is 5.11 Å². The smallest absolute Gasteiger partial charge is 0.232 e. The number of nitrogens with one attached hydrogen (secondary N) is 2. The van der Waals surface area contributed by atoms with Crippen LogP contribution in [0.2, 0.25) is 5.02 Å². The van der Waals surface area contributed by atoms with Crippen molar-refractivity contribution in [1.82, 2.24) is 15.3 Å². The summed E-state index contributed by atoms with van der Waals surface area (Å²) >= 11 is 12.0. The quantitative estimate of drug-likeness (QED) is 0.314. The van der Waals surface area contributed by atoms with E-state index in [-0.39, 0.29) is 5.41 Å². The predicted octanol–water partition coefficient (Wildman–Crippen LogP) is 6.25. The standard InChI is InChI=1S/C32H40ClN7S/c33-26-13-11-25(12-14-26)32(15-5-2-6-16-32)24-34-31(41)37-30-35-28(39-17-7-8-18-39)23-29(36-30)40-21-19-38(20-22-40)27-9-3-1-4-10-27/h1,3-4,9-14,23H,2,5-8,15-22,24H2,(H2,34,35,36,37,41). The van der Waals surface area contributed by atoms with Crippen LogP contribution in [0.5, 0.6) is 0 Å². The summed E-state index contributed by atoms with van der Waals surface area (Å²) in [6.07, 6.45) is 8.43. The maximum absolute atomic E-state index is 6.21. The fourth-order valence-corrected chi connectivity index (χ4v) is 6.86. The van der Waals surface area contributed by atoms with E-state index in [0.717, 1.165) is 75.3 Å². The van der Waals surface area contributed by atoms with Gasteiger partial charge in [-0.3, -0.25) is 0 Å². The van der Waals surface area contributed by atoms with Gasteiger partial charge in [0.25, 0.3) is 0 Å². The molecule has 0 unspecified atom stereocenters. The molecular formula is C32H40ClN7S. The lowest BCUT2D eigenvalue weighted by Crippen LogP contribution is -2.47. The van der Waals surface area contributed by atoms with Crippen LogP contribution in [-0.4, -0.2) is 60.9 Å². The van der Waals surface area contributed by atoms with Crippen LogP contribution in [-0.2, 0) is 5.41 Å². The summed E-state index contributed by atoms with van der Waals surface area (Å²) in [5, 5.41) is 8.24. The molecule has 9 heteroatoms. The maximum atomic E-state index is 6.21. The minimum Gasteiger partial charge on any atom is -0.368 e. The Kier molecular flexibility index (Phi) is 8.77. The van der Waals surface area contributed by atoms with Crippen molar-refractivity contribution in [2.45, 2.75) is 50.4 Å². The van der Waals surface area contributed by atoms with Gasteiger partial charge in [0.2, 0.25) is 5.95 Å². The summed E-state index contributed by atoms with van der Waals surface area (Å²) in [6.45, 7) is 6.59. The highest BCUT2D eigenvalue weighted by Crippen LogP contribution is 2.39. The van der Waals surface area contributed by atoms with Crippen LogP contribution in [0.3, 0.4) is 0 Å². The zero-order valence-corrected chi connectivity index (χ0v) is 25.3. The molecule has 3 fully saturated rings. The lowest BCUT2D eigenvalue weighted by molar-refractivity contribution is 0.292. The molecule has 3 heterocycles. The molecular weight excluding hydrogens is 550 g/mol. The largest absolute Gasteiger partial charge is 0.368 e. The molecule has 0 bridgehead atoms. The second-order valence-corrected chi connectivity index (χ2v) is 12.4. The molecule has 2 aliphatic heterocycles. The zero-order valence-electron chi connectivity index (χ0n) is 23.7. The molecule has 0 amide bonds. The third-order valence-corrected chi connectivity index (χ3v) is 9.43. The number of hydrogen-bond acceptors (Lipinski definition) is 6. The van der Waals surface area contributed by atoms with Gasteiger partial charge in [-0.1, -0.05) is 61.2 Å². The molecule has 0 atom stereocenters. The molecule has 0 radical (unpaired) electrons. The number of aromatic nitrogens is 2. The van der Waals surface area contributed by atoms with E-state index in [9.17, 15) is 0 Å². The van der Waals surface area contributed by atoms with Gasteiger partial charge in [0.05, 0.1) is 0 Å². The zero-order chi connectivity index (χ0) is 28.1. The fourth-order valence-electron chi connectivity index (χ4n) is 6.58. The summed E-state index contributed by atoms with van der Waals surface area (Å²) < 4.78 is 0. The van der Waals surface area contributed by atoms with Crippen LogP contribution in [0.25, 0.3) is 0 Å². The highest BCUT2D eigenvalue weighted by Gasteiger charge is 2.34. The number of benzene rings is 2. The van der Waals surface area contributed by atoms with Gasteiger partial charge in [-0.25, -0.2) is 0 Å². The van der Waals surface area contributed by atoms with Crippen molar-refractivity contribution in [2.75, 3.05) is 65.8 Å². The number of thiocarbonyl (C=S) groups is 1. The Morgan fingerprint density at radius 3 is 2.02 bits per heavy atom. The molecule has 2 saturated heterocycles. The average Bonchev–Trinajstić information content (AvgIpc) is 3.57. The number of piperazine rings is 1. The molecule has 2 aromatic carbocycles. The first kappa shape index (κ1) is 28.0. The van der Waals surface area contributed by atoms with Gasteiger partial charge in [-0.05, 0) is 67.7 Å². The van der Waals surface area contributed by atoms with Gasteiger partial charge in [0.1, 0.15) is 11.6 Å². The van der Waals surface area contributed by atoms with Crippen molar-refractivity contribution in [3.8, 4) is 0 Å². The summed E-state index contributed by atoms with van der Waals surface area (Å²) in [5.41, 5.74) is 2.66. The maximum Gasteiger partial charge on any atom is 0.232 e. The predicted molar refractivity (Wildman–Crippen MR) is 175 cm³/mol. The molecule has 0 spiro atoms. The Morgan fingerprint density at radius 2 is 1.37 bits per heavy atom. The normalized spacial score (nSPS) is 18.8. The van der Waals surface area contributed by atoms with E-state index in [0.29, 0.717) is 11.1 Å². The van der Waals surface area contributed by atoms with Crippen LogP contribution >= 0.6 is 23.8 Å². The molecule has 3 aliphatic rings. The molecule has 1 aliphatic carbocycles. The molecule has 41 heavy (non-hydrogen) atoms. The first-order valence-electron chi connectivity index (χ1n) is 15.1. The lowest BCUT2D eigenvalue weighted by Gasteiger charge is -2.38. The van der Waals surface area contributed by atoms with Crippen molar-refractivity contribution in [3.05, 3.63) is 71.2 Å². The Hall–Kier alpha value is -3.10. The van der Waals surface area contributed by atoms with Crippen molar-refractivity contribution < 1.29 is 0 Å². The molecule has 7 nitrogen and oxygen atoms in total. The molecule has 3 aromatic rings. The molecule has 1 saturated carbocycles. The van der Waals surface area contributed by atoms with Crippen molar-refractivity contribution in [1.29, 1.82) is 0 Å². The Labute approximate surface area is 254 Å². The third kappa shape index (κ3) is 6.70. The average molecular weight is 590 g/mol. The summed E-state index contributed by atoms with van der Waals surface area (Å²) in [5.74, 6) is 2.51. The number of nitrogens with zero attached hydrogens (tertiary/aromatic N) is 5. The molecule has 2 N–H and O–H groups in total. The SMILES string of the molecule is S=C(NCC1(c2ccc(Cl)cc2)CCCCC1)Nc1nc(N2CCCC2)cc(N2CCN(c3ccccc3)CC2)n1. The Bertz CT molecular complexity index is 1300. The van der Waals surface area contributed by atoms with Gasteiger partial charge < -0.3 is 25.3 Å². The number of rotatable bonds is 7. The monoisotopic (exact) mass is 589 g/mol. The Morgan fingerprint density at radius 1 is 0.756 bits per heavy atom. The highest BCUT2D eigenvalue weighted by molar-refractivity contribution is 7.80. The number of hydrogen-bond donors (Lipinski definition) is 2. The van der Waals surface area contributed by atoms with E-state index in [1.165, 1.54) is 43.4 Å². The van der Waals surface area contributed by atoms with E-state index in [2.05, 4.69) is 73.9 Å². The van der Waals surface area contributed by atoms with E-state index in [4.69, 9.17) is 33.8 Å². The first-order valence-corrected chi connectivity index (χ1v) is 15.9.